The molecule has 3 rings (SSSR count). The summed E-state index contributed by atoms with van der Waals surface area (Å²) < 4.78 is 84.3. The van der Waals surface area contributed by atoms with Gasteiger partial charge in [-0.2, -0.15) is 31.0 Å². The number of carbonyl (C=O) groups is 1. The standard InChI is InChI=1S/C20H15F6N5O2/c1-11(2)33-16(32)4-3-12-8-27-18(28-9-12)31-10-29-17(30-31)13-5-14(19(21,22)23)7-15(6-13)20(24,25)26/h3-11H,1-2H3/b4-3+. The average Bonchev–Trinajstić information content (AvgIpc) is 3.21. The minimum atomic E-state index is -4.99. The maximum Gasteiger partial charge on any atom is 0.416 e. The minimum absolute atomic E-state index is 0.0206. The molecule has 0 saturated carbocycles. The molecule has 0 bridgehead atoms. The van der Waals surface area contributed by atoms with Crippen molar-refractivity contribution in [3.8, 4) is 17.3 Å². The Kier molecular flexibility index (Phi) is 6.51. The second-order valence-electron chi connectivity index (χ2n) is 6.94. The molecule has 0 radical (unpaired) electrons. The van der Waals surface area contributed by atoms with Gasteiger partial charge in [-0.3, -0.25) is 0 Å². The highest BCUT2D eigenvalue weighted by Gasteiger charge is 2.37. The molecule has 0 atom stereocenters. The van der Waals surface area contributed by atoms with Crippen LogP contribution in [0.3, 0.4) is 0 Å². The quantitative estimate of drug-likeness (QED) is 0.304. The number of rotatable bonds is 5. The van der Waals surface area contributed by atoms with Crippen LogP contribution < -0.4 is 0 Å². The Hall–Kier alpha value is -3.77. The van der Waals surface area contributed by atoms with E-state index in [0.717, 1.165) is 11.0 Å². The van der Waals surface area contributed by atoms with Crippen molar-refractivity contribution in [1.29, 1.82) is 0 Å². The molecule has 0 unspecified atom stereocenters. The topological polar surface area (TPSA) is 82.8 Å². The molecule has 0 N–H and O–H groups in total. The molecular formula is C20H15F6N5O2. The first-order valence-corrected chi connectivity index (χ1v) is 9.25. The fourth-order valence-electron chi connectivity index (χ4n) is 2.55. The SMILES string of the molecule is CC(C)OC(=O)/C=C/c1cnc(-n2cnc(-c3cc(C(F)(F)F)cc(C(F)(F)F)c3)n2)nc1. The minimum Gasteiger partial charge on any atom is -0.460 e. The second-order valence-corrected chi connectivity index (χ2v) is 6.94. The molecule has 0 saturated heterocycles. The smallest absolute Gasteiger partial charge is 0.416 e. The molecule has 13 heteroatoms. The average molecular weight is 471 g/mol. The lowest BCUT2D eigenvalue weighted by Gasteiger charge is -2.13. The van der Waals surface area contributed by atoms with Crippen LogP contribution in [-0.2, 0) is 21.9 Å². The lowest BCUT2D eigenvalue weighted by molar-refractivity contribution is -0.143. The van der Waals surface area contributed by atoms with Crippen molar-refractivity contribution in [2.24, 2.45) is 0 Å². The van der Waals surface area contributed by atoms with E-state index in [1.807, 2.05) is 0 Å². The summed E-state index contributed by atoms with van der Waals surface area (Å²) in [6, 6.07) is 1.08. The first kappa shape index (κ1) is 23.9. The predicted molar refractivity (Wildman–Crippen MR) is 103 cm³/mol. The van der Waals surface area contributed by atoms with Crippen molar-refractivity contribution in [2.45, 2.75) is 32.3 Å². The normalized spacial score (nSPS) is 12.5. The van der Waals surface area contributed by atoms with Gasteiger partial charge in [0.05, 0.1) is 17.2 Å². The Morgan fingerprint density at radius 1 is 0.970 bits per heavy atom. The number of hydrogen-bond donors (Lipinski definition) is 0. The van der Waals surface area contributed by atoms with Gasteiger partial charge < -0.3 is 4.74 Å². The fraction of sp³-hybridized carbons (Fsp3) is 0.250. The number of aromatic nitrogens is 5. The third kappa shape index (κ3) is 6.14. The van der Waals surface area contributed by atoms with Crippen LogP contribution in [0.2, 0.25) is 0 Å². The number of ether oxygens (including phenoxy) is 1. The molecule has 2 aromatic heterocycles. The van der Waals surface area contributed by atoms with Crippen molar-refractivity contribution in [1.82, 2.24) is 24.7 Å². The number of hydrogen-bond acceptors (Lipinski definition) is 6. The highest BCUT2D eigenvalue weighted by molar-refractivity contribution is 5.87. The summed E-state index contributed by atoms with van der Waals surface area (Å²) in [5.74, 6) is -0.983. The molecule has 0 spiro atoms. The largest absolute Gasteiger partial charge is 0.460 e. The maximum atomic E-state index is 13.1. The van der Waals surface area contributed by atoms with E-state index in [-0.39, 0.29) is 23.9 Å². The first-order valence-electron chi connectivity index (χ1n) is 9.25. The van der Waals surface area contributed by atoms with E-state index in [2.05, 4.69) is 20.1 Å². The summed E-state index contributed by atoms with van der Waals surface area (Å²) in [4.78, 5) is 23.3. The molecule has 1 aromatic carbocycles. The van der Waals surface area contributed by atoms with E-state index in [0.29, 0.717) is 17.7 Å². The Bertz CT molecular complexity index is 1130. The summed E-state index contributed by atoms with van der Waals surface area (Å²) in [6.07, 6.45) is -3.98. The van der Waals surface area contributed by atoms with E-state index >= 15 is 0 Å². The zero-order chi connectivity index (χ0) is 24.4. The monoisotopic (exact) mass is 471 g/mol. The third-order valence-corrected chi connectivity index (χ3v) is 3.96. The van der Waals surface area contributed by atoms with Gasteiger partial charge in [0.25, 0.3) is 5.95 Å². The van der Waals surface area contributed by atoms with Crippen LogP contribution in [0.25, 0.3) is 23.4 Å². The third-order valence-electron chi connectivity index (χ3n) is 3.96. The number of benzene rings is 1. The zero-order valence-corrected chi connectivity index (χ0v) is 17.0. The van der Waals surface area contributed by atoms with E-state index < -0.39 is 35.0 Å². The molecule has 3 aromatic rings. The van der Waals surface area contributed by atoms with Crippen molar-refractivity contribution in [3.63, 3.8) is 0 Å². The fourth-order valence-corrected chi connectivity index (χ4v) is 2.55. The van der Waals surface area contributed by atoms with Gasteiger partial charge in [-0.1, -0.05) is 0 Å². The predicted octanol–water partition coefficient (Wildman–Crippen LogP) is 4.73. The number of nitrogens with zero attached hydrogens (tertiary/aromatic N) is 5. The van der Waals surface area contributed by atoms with Crippen LogP contribution in [0.4, 0.5) is 26.3 Å². The van der Waals surface area contributed by atoms with Crippen LogP contribution in [0.1, 0.15) is 30.5 Å². The van der Waals surface area contributed by atoms with Crippen LogP contribution in [0, 0.1) is 0 Å². The van der Waals surface area contributed by atoms with Gasteiger partial charge in [-0.15, -0.1) is 5.10 Å². The summed E-state index contributed by atoms with van der Waals surface area (Å²) in [6.45, 7) is 3.39. The zero-order valence-electron chi connectivity index (χ0n) is 17.0. The summed E-state index contributed by atoms with van der Waals surface area (Å²) in [7, 11) is 0. The molecule has 2 heterocycles. The van der Waals surface area contributed by atoms with Crippen LogP contribution in [0.15, 0.2) is 43.0 Å². The molecule has 7 nitrogen and oxygen atoms in total. The molecule has 174 valence electrons. The molecule has 0 fully saturated rings. The summed E-state index contributed by atoms with van der Waals surface area (Å²) >= 11 is 0. The Morgan fingerprint density at radius 2 is 1.55 bits per heavy atom. The van der Waals surface area contributed by atoms with Crippen molar-refractivity contribution < 1.29 is 35.9 Å². The summed E-state index contributed by atoms with van der Waals surface area (Å²) in [5.41, 5.74) is -2.99. The molecule has 0 aliphatic rings. The highest BCUT2D eigenvalue weighted by atomic mass is 19.4. The van der Waals surface area contributed by atoms with Gasteiger partial charge in [-0.25, -0.2) is 19.7 Å². The Labute approximate surface area is 182 Å². The van der Waals surface area contributed by atoms with Crippen LogP contribution in [0.5, 0.6) is 0 Å². The van der Waals surface area contributed by atoms with Gasteiger partial charge in [-0.05, 0) is 38.1 Å². The van der Waals surface area contributed by atoms with E-state index in [1.54, 1.807) is 13.8 Å². The van der Waals surface area contributed by atoms with Gasteiger partial charge >= 0.3 is 18.3 Å². The summed E-state index contributed by atoms with van der Waals surface area (Å²) in [5, 5.41) is 3.89. The molecule has 0 aliphatic carbocycles. The van der Waals surface area contributed by atoms with Crippen molar-refractivity contribution >= 4 is 12.0 Å². The van der Waals surface area contributed by atoms with Crippen LogP contribution >= 0.6 is 0 Å². The van der Waals surface area contributed by atoms with Crippen LogP contribution in [-0.4, -0.2) is 36.8 Å². The number of esters is 1. The first-order chi connectivity index (χ1) is 15.3. The molecule has 33 heavy (non-hydrogen) atoms. The number of carbonyl (C=O) groups excluding carboxylic acids is 1. The molecular weight excluding hydrogens is 456 g/mol. The number of halogens is 6. The van der Waals surface area contributed by atoms with Crippen molar-refractivity contribution in [2.75, 3.05) is 0 Å². The van der Waals surface area contributed by atoms with E-state index in [4.69, 9.17) is 4.74 Å². The lowest BCUT2D eigenvalue weighted by Crippen LogP contribution is -2.11. The van der Waals surface area contributed by atoms with Gasteiger partial charge in [0.1, 0.15) is 6.33 Å². The van der Waals surface area contributed by atoms with E-state index in [9.17, 15) is 31.1 Å². The van der Waals surface area contributed by atoms with Gasteiger partial charge in [0.2, 0.25) is 0 Å². The second kappa shape index (κ2) is 9.00. The van der Waals surface area contributed by atoms with E-state index in [1.165, 1.54) is 24.5 Å². The lowest BCUT2D eigenvalue weighted by atomic mass is 10.0. The number of alkyl halides is 6. The maximum absolute atomic E-state index is 13.1. The highest BCUT2D eigenvalue weighted by Crippen LogP contribution is 2.38. The van der Waals surface area contributed by atoms with Gasteiger partial charge in [0, 0.05) is 29.6 Å². The van der Waals surface area contributed by atoms with Gasteiger partial charge in [0.15, 0.2) is 5.82 Å². The molecule has 0 aliphatic heterocycles. The van der Waals surface area contributed by atoms with Crippen molar-refractivity contribution in [3.05, 3.63) is 59.7 Å². The Morgan fingerprint density at radius 3 is 2.06 bits per heavy atom. The molecule has 0 amide bonds. The Balaban J connectivity index is 1.87.